The van der Waals surface area contributed by atoms with Crippen molar-refractivity contribution in [2.45, 2.75) is 38.5 Å². The Kier molecular flexibility index (Phi) is 3.59. The summed E-state index contributed by atoms with van der Waals surface area (Å²) in [5, 5.41) is 11.9. The number of aromatic nitrogens is 2. The fourth-order valence-corrected chi connectivity index (χ4v) is 2.23. The maximum atomic E-state index is 13.6. The lowest BCUT2D eigenvalue weighted by molar-refractivity contribution is -0.627. The minimum atomic E-state index is -0.466. The maximum absolute atomic E-state index is 13.6. The van der Waals surface area contributed by atoms with Crippen molar-refractivity contribution < 1.29 is 9.12 Å². The van der Waals surface area contributed by atoms with E-state index >= 15 is 0 Å². The number of fused-ring (bicyclic) bond motifs is 1. The van der Waals surface area contributed by atoms with Crippen molar-refractivity contribution in [1.29, 1.82) is 0 Å². The van der Waals surface area contributed by atoms with E-state index in [-0.39, 0.29) is 5.82 Å². The summed E-state index contributed by atoms with van der Waals surface area (Å²) in [6, 6.07) is 0. The maximum Gasteiger partial charge on any atom is 0.328 e. The first-order valence-electron chi connectivity index (χ1n) is 5.59. The third-order valence-corrected chi connectivity index (χ3v) is 3.20. The van der Waals surface area contributed by atoms with Crippen molar-refractivity contribution in [2.75, 3.05) is 5.88 Å². The second-order valence-corrected chi connectivity index (χ2v) is 4.42. The van der Waals surface area contributed by atoms with Gasteiger partial charge in [-0.1, -0.05) is 0 Å². The van der Waals surface area contributed by atoms with Gasteiger partial charge in [0.15, 0.2) is 0 Å². The molecule has 0 aliphatic heterocycles. The third-order valence-electron chi connectivity index (χ3n) is 2.93. The molecule has 0 amide bonds. The molecule has 0 bridgehead atoms. The molecule has 1 aliphatic rings. The zero-order valence-electron chi connectivity index (χ0n) is 9.01. The van der Waals surface area contributed by atoms with E-state index in [2.05, 4.69) is 4.98 Å². The number of halogens is 2. The number of hydrogen-bond donors (Lipinski definition) is 0. The Morgan fingerprint density at radius 3 is 2.88 bits per heavy atom. The van der Waals surface area contributed by atoms with Crippen LogP contribution in [-0.2, 0) is 19.3 Å². The molecule has 1 aliphatic carbocycles. The molecule has 3 nitrogen and oxygen atoms in total. The lowest BCUT2D eigenvalue weighted by atomic mass is 9.97. The molecule has 0 unspecified atom stereocenters. The minimum Gasteiger partial charge on any atom is -0.711 e. The number of aryl methyl sites for hydroxylation is 1. The molecular weight excluding hydrogens is 231 g/mol. The monoisotopic (exact) mass is 244 g/mol. The topological polar surface area (TPSA) is 39.8 Å². The highest BCUT2D eigenvalue weighted by Gasteiger charge is 2.25. The van der Waals surface area contributed by atoms with Crippen LogP contribution in [0, 0.1) is 11.2 Å². The molecular formula is C11H14ClFN2O. The van der Waals surface area contributed by atoms with E-state index in [1.165, 1.54) is 0 Å². The van der Waals surface area contributed by atoms with Crippen LogP contribution in [0.15, 0.2) is 0 Å². The van der Waals surface area contributed by atoms with Gasteiger partial charge in [0.25, 0.3) is 0 Å². The molecule has 1 aromatic rings. The van der Waals surface area contributed by atoms with Gasteiger partial charge in [-0.15, -0.1) is 11.6 Å². The van der Waals surface area contributed by atoms with E-state index in [0.717, 1.165) is 17.6 Å². The molecule has 88 valence electrons. The van der Waals surface area contributed by atoms with E-state index < -0.39 is 5.95 Å². The van der Waals surface area contributed by atoms with Gasteiger partial charge in [-0.05, 0) is 30.7 Å². The Hall–Kier alpha value is -0.900. The fourth-order valence-electron chi connectivity index (χ4n) is 2.10. The Bertz CT molecular complexity index is 398. The van der Waals surface area contributed by atoms with Gasteiger partial charge in [0.05, 0.1) is 12.0 Å². The summed E-state index contributed by atoms with van der Waals surface area (Å²) in [5.74, 6) is 0.255. The van der Waals surface area contributed by atoms with E-state index in [9.17, 15) is 9.60 Å². The number of hydrogen-bond acceptors (Lipinski definition) is 2. The first kappa shape index (κ1) is 11.6. The van der Waals surface area contributed by atoms with Crippen molar-refractivity contribution in [2.24, 2.45) is 0 Å². The molecule has 1 aromatic heterocycles. The molecule has 1 heterocycles. The van der Waals surface area contributed by atoms with E-state index in [1.54, 1.807) is 0 Å². The van der Waals surface area contributed by atoms with Gasteiger partial charge in [0.1, 0.15) is 5.69 Å². The van der Waals surface area contributed by atoms with Crippen LogP contribution in [-0.4, -0.2) is 10.9 Å². The van der Waals surface area contributed by atoms with Crippen LogP contribution >= 0.6 is 11.6 Å². The van der Waals surface area contributed by atoms with Crippen molar-refractivity contribution in [3.8, 4) is 0 Å². The highest BCUT2D eigenvalue weighted by Crippen LogP contribution is 2.20. The molecule has 0 saturated heterocycles. The predicted molar refractivity (Wildman–Crippen MR) is 58.8 cm³/mol. The summed E-state index contributed by atoms with van der Waals surface area (Å²) in [5.41, 5.74) is 1.08. The SMILES string of the molecule is [O-][n+]1c(CCCCl)nc(F)c2c1CCCC2. The van der Waals surface area contributed by atoms with E-state index in [0.29, 0.717) is 42.8 Å². The first-order valence-corrected chi connectivity index (χ1v) is 6.13. The summed E-state index contributed by atoms with van der Waals surface area (Å²) in [4.78, 5) is 3.75. The van der Waals surface area contributed by atoms with Crippen molar-refractivity contribution in [3.63, 3.8) is 0 Å². The normalized spacial score (nSPS) is 14.9. The Balaban J connectivity index is 2.37. The van der Waals surface area contributed by atoms with Crippen LogP contribution in [0.3, 0.4) is 0 Å². The molecule has 5 heteroatoms. The van der Waals surface area contributed by atoms with Crippen molar-refractivity contribution in [1.82, 2.24) is 4.98 Å². The van der Waals surface area contributed by atoms with Crippen LogP contribution in [0.4, 0.5) is 4.39 Å². The van der Waals surface area contributed by atoms with Gasteiger partial charge in [-0.25, -0.2) is 4.73 Å². The summed E-state index contributed by atoms with van der Waals surface area (Å²) < 4.78 is 14.5. The minimum absolute atomic E-state index is 0.263. The molecule has 0 fully saturated rings. The van der Waals surface area contributed by atoms with Gasteiger partial charge in [-0.3, -0.25) is 0 Å². The van der Waals surface area contributed by atoms with Gasteiger partial charge in [0, 0.05) is 12.3 Å². The Labute approximate surface area is 98.8 Å². The quantitative estimate of drug-likeness (QED) is 0.353. The lowest BCUT2D eigenvalue weighted by Gasteiger charge is -2.18. The Morgan fingerprint density at radius 2 is 2.12 bits per heavy atom. The first-order chi connectivity index (χ1) is 7.74. The van der Waals surface area contributed by atoms with Gasteiger partial charge in [0.2, 0.25) is 0 Å². The Morgan fingerprint density at radius 1 is 1.38 bits per heavy atom. The standard InChI is InChI=1S/C11H14ClFN2O/c12-7-3-6-10-14-11(13)8-4-1-2-5-9(8)15(10)16/h1-7H2. The van der Waals surface area contributed by atoms with Crippen LogP contribution in [0.25, 0.3) is 0 Å². The number of rotatable bonds is 3. The molecule has 0 radical (unpaired) electrons. The van der Waals surface area contributed by atoms with Gasteiger partial charge in [-0.2, -0.15) is 4.39 Å². The third kappa shape index (κ3) is 2.12. The second kappa shape index (κ2) is 4.95. The van der Waals surface area contributed by atoms with E-state index in [4.69, 9.17) is 11.6 Å². The number of nitrogens with zero attached hydrogens (tertiary/aromatic N) is 2. The zero-order valence-corrected chi connectivity index (χ0v) is 9.76. The summed E-state index contributed by atoms with van der Waals surface area (Å²) >= 11 is 5.55. The molecule has 0 N–H and O–H groups in total. The fraction of sp³-hybridized carbons (Fsp3) is 0.636. The predicted octanol–water partition coefficient (Wildman–Crippen LogP) is 1.90. The molecule has 0 spiro atoms. The highest BCUT2D eigenvalue weighted by atomic mass is 35.5. The second-order valence-electron chi connectivity index (χ2n) is 4.04. The largest absolute Gasteiger partial charge is 0.711 e. The lowest BCUT2D eigenvalue weighted by Crippen LogP contribution is -2.41. The molecule has 0 atom stereocenters. The van der Waals surface area contributed by atoms with Crippen molar-refractivity contribution >= 4 is 11.6 Å². The summed E-state index contributed by atoms with van der Waals surface area (Å²) in [7, 11) is 0. The van der Waals surface area contributed by atoms with Crippen LogP contribution < -0.4 is 4.73 Å². The van der Waals surface area contributed by atoms with Gasteiger partial charge >= 0.3 is 11.8 Å². The highest BCUT2D eigenvalue weighted by molar-refractivity contribution is 6.17. The van der Waals surface area contributed by atoms with Crippen LogP contribution in [0.1, 0.15) is 36.3 Å². The van der Waals surface area contributed by atoms with E-state index in [1.807, 2.05) is 0 Å². The molecule has 16 heavy (non-hydrogen) atoms. The average Bonchev–Trinajstić information content (AvgIpc) is 2.32. The molecule has 0 saturated carbocycles. The molecule has 2 rings (SSSR count). The number of alkyl halides is 1. The zero-order chi connectivity index (χ0) is 11.5. The van der Waals surface area contributed by atoms with Crippen LogP contribution in [0.2, 0.25) is 0 Å². The van der Waals surface area contributed by atoms with Crippen molar-refractivity contribution in [3.05, 3.63) is 28.2 Å². The average molecular weight is 245 g/mol. The van der Waals surface area contributed by atoms with Crippen LogP contribution in [0.5, 0.6) is 0 Å². The summed E-state index contributed by atoms with van der Waals surface area (Å²) in [6.07, 6.45) is 4.27. The summed E-state index contributed by atoms with van der Waals surface area (Å²) in [6.45, 7) is 0. The molecule has 0 aromatic carbocycles. The smallest absolute Gasteiger partial charge is 0.328 e. The van der Waals surface area contributed by atoms with Gasteiger partial charge < -0.3 is 5.21 Å².